The van der Waals surface area contributed by atoms with E-state index >= 15 is 0 Å². The molecule has 0 aliphatic rings. The number of rotatable bonds is 16. The third-order valence-corrected chi connectivity index (χ3v) is 7.30. The zero-order chi connectivity index (χ0) is 28.0. The van der Waals surface area contributed by atoms with Crippen LogP contribution in [0.1, 0.15) is 69.1 Å². The fourth-order valence-electron chi connectivity index (χ4n) is 3.98. The quantitative estimate of drug-likeness (QED) is 0.135. The number of halogens is 1. The lowest BCUT2D eigenvalue weighted by molar-refractivity contribution is -0.130. The lowest BCUT2D eigenvalue weighted by Crippen LogP contribution is -2.32. The number of nitrogens with zero attached hydrogens (tertiary/aromatic N) is 5. The number of likely N-dealkylation sites (N-methyl/N-ethyl adjacent to an activating group) is 1. The van der Waals surface area contributed by atoms with E-state index in [0.717, 1.165) is 24.0 Å². The summed E-state index contributed by atoms with van der Waals surface area (Å²) >= 11 is 1.34. The fraction of sp³-hybridized carbons (Fsp3) is 0.483. The summed E-state index contributed by atoms with van der Waals surface area (Å²) in [6, 6.07) is 6.48. The normalized spacial score (nSPS) is 11.0. The zero-order valence-corrected chi connectivity index (χ0v) is 23.9. The molecule has 0 aliphatic carbocycles. The first kappa shape index (κ1) is 30.3. The number of ether oxygens (including phenoxy) is 1. The molecule has 0 spiro atoms. The molecule has 0 aliphatic heterocycles. The summed E-state index contributed by atoms with van der Waals surface area (Å²) in [6.45, 7) is 5.27. The van der Waals surface area contributed by atoms with Gasteiger partial charge in [0.1, 0.15) is 12.4 Å². The van der Waals surface area contributed by atoms with Gasteiger partial charge in [-0.25, -0.2) is 14.4 Å². The number of benzene rings is 1. The van der Waals surface area contributed by atoms with Crippen LogP contribution >= 0.6 is 11.8 Å². The van der Waals surface area contributed by atoms with Crippen molar-refractivity contribution < 1.29 is 13.9 Å². The highest BCUT2D eigenvalue weighted by molar-refractivity contribution is 7.98. The molecule has 39 heavy (non-hydrogen) atoms. The van der Waals surface area contributed by atoms with Crippen molar-refractivity contribution in [3.63, 3.8) is 0 Å². The second-order valence-corrected chi connectivity index (χ2v) is 10.4. The Balaban J connectivity index is 1.74. The van der Waals surface area contributed by atoms with E-state index in [1.165, 1.54) is 49.6 Å². The molecule has 0 saturated carbocycles. The van der Waals surface area contributed by atoms with E-state index in [4.69, 9.17) is 4.74 Å². The largest absolute Gasteiger partial charge is 0.464 e. The Labute approximate surface area is 234 Å². The van der Waals surface area contributed by atoms with Crippen molar-refractivity contribution in [3.05, 3.63) is 75.7 Å². The van der Waals surface area contributed by atoms with Crippen molar-refractivity contribution in [1.29, 1.82) is 0 Å². The molecule has 0 atom stereocenters. The minimum absolute atomic E-state index is 0.0482. The standard InChI is InChI=1S/C29H38FN5O3S/c1-4-6-7-8-9-10-15-34(3)26(36)20-35-19-24(16-23-17-31-28(32-18-23)38-5-2)27(37)33-29(35)39-21-22-11-13-25(30)14-12-22/h11-14,17-19H,4-10,15-16,20-21H2,1-3H3. The molecule has 8 nitrogen and oxygen atoms in total. The summed E-state index contributed by atoms with van der Waals surface area (Å²) in [5.41, 5.74) is 1.71. The summed E-state index contributed by atoms with van der Waals surface area (Å²) in [7, 11) is 1.81. The van der Waals surface area contributed by atoms with E-state index in [9.17, 15) is 14.0 Å². The van der Waals surface area contributed by atoms with E-state index in [1.807, 2.05) is 14.0 Å². The number of amides is 1. The molecular weight excluding hydrogens is 517 g/mol. The van der Waals surface area contributed by atoms with Gasteiger partial charge < -0.3 is 14.2 Å². The monoisotopic (exact) mass is 555 g/mol. The van der Waals surface area contributed by atoms with Gasteiger partial charge in [-0.1, -0.05) is 62.9 Å². The number of hydrogen-bond acceptors (Lipinski definition) is 7. The van der Waals surface area contributed by atoms with E-state index in [-0.39, 0.29) is 36.3 Å². The van der Waals surface area contributed by atoms with Gasteiger partial charge in [-0.05, 0) is 36.6 Å². The first-order valence-corrected chi connectivity index (χ1v) is 14.5. The van der Waals surface area contributed by atoms with E-state index in [2.05, 4.69) is 21.9 Å². The van der Waals surface area contributed by atoms with Crippen LogP contribution in [0.25, 0.3) is 0 Å². The molecule has 3 aromatic rings. The molecule has 3 rings (SSSR count). The minimum atomic E-state index is -0.366. The molecule has 2 aromatic heterocycles. The molecule has 2 heterocycles. The Hall–Kier alpha value is -3.27. The van der Waals surface area contributed by atoms with E-state index in [0.29, 0.717) is 29.6 Å². The van der Waals surface area contributed by atoms with Crippen LogP contribution in [0.2, 0.25) is 0 Å². The average molecular weight is 556 g/mol. The molecule has 0 radical (unpaired) electrons. The second-order valence-electron chi connectivity index (χ2n) is 9.46. The summed E-state index contributed by atoms with van der Waals surface area (Å²) in [5, 5.41) is 0.442. The molecule has 210 valence electrons. The summed E-state index contributed by atoms with van der Waals surface area (Å²) < 4.78 is 20.3. The van der Waals surface area contributed by atoms with Gasteiger partial charge in [-0.3, -0.25) is 9.59 Å². The van der Waals surface area contributed by atoms with Gasteiger partial charge in [0.2, 0.25) is 5.91 Å². The zero-order valence-electron chi connectivity index (χ0n) is 23.1. The Morgan fingerprint density at radius 1 is 1.03 bits per heavy atom. The van der Waals surface area contributed by atoms with Crippen LogP contribution in [0.3, 0.4) is 0 Å². The Kier molecular flexibility index (Phi) is 12.4. The third kappa shape index (κ3) is 10.1. The molecule has 0 fully saturated rings. The molecular formula is C29H38FN5O3S. The Morgan fingerprint density at radius 3 is 2.41 bits per heavy atom. The predicted octanol–water partition coefficient (Wildman–Crippen LogP) is 5.27. The van der Waals surface area contributed by atoms with E-state index < -0.39 is 0 Å². The molecule has 0 saturated heterocycles. The highest BCUT2D eigenvalue weighted by Crippen LogP contribution is 2.21. The van der Waals surface area contributed by atoms with Gasteiger partial charge in [-0.2, -0.15) is 4.98 Å². The maximum atomic E-state index is 13.3. The minimum Gasteiger partial charge on any atom is -0.464 e. The number of aromatic nitrogens is 4. The summed E-state index contributed by atoms with van der Waals surface area (Å²) in [6.07, 6.45) is 12.2. The van der Waals surface area contributed by atoms with Crippen LogP contribution < -0.4 is 10.3 Å². The molecule has 1 aromatic carbocycles. The van der Waals surface area contributed by atoms with Crippen molar-refractivity contribution in [2.45, 2.75) is 76.2 Å². The first-order chi connectivity index (χ1) is 18.9. The van der Waals surface area contributed by atoms with Gasteiger partial charge in [0.05, 0.1) is 6.61 Å². The lowest BCUT2D eigenvalue weighted by Gasteiger charge is -2.20. The van der Waals surface area contributed by atoms with Crippen molar-refractivity contribution in [1.82, 2.24) is 24.4 Å². The highest BCUT2D eigenvalue weighted by atomic mass is 32.2. The maximum Gasteiger partial charge on any atom is 0.316 e. The molecule has 1 amide bonds. The number of thioether (sulfide) groups is 1. The van der Waals surface area contributed by atoms with Crippen LogP contribution in [0.5, 0.6) is 6.01 Å². The summed E-state index contributed by atoms with van der Waals surface area (Å²) in [4.78, 5) is 40.5. The summed E-state index contributed by atoms with van der Waals surface area (Å²) in [5.74, 6) is 0.133. The molecule has 10 heteroatoms. The van der Waals surface area contributed by atoms with E-state index in [1.54, 1.807) is 40.2 Å². The smallest absolute Gasteiger partial charge is 0.316 e. The van der Waals surface area contributed by atoms with Gasteiger partial charge in [0.15, 0.2) is 5.16 Å². The number of carbonyl (C=O) groups excluding carboxylic acids is 1. The van der Waals surface area contributed by atoms with Crippen LogP contribution in [-0.4, -0.2) is 50.5 Å². The van der Waals surface area contributed by atoms with Crippen LogP contribution in [0.4, 0.5) is 4.39 Å². The highest BCUT2D eigenvalue weighted by Gasteiger charge is 2.16. The van der Waals surface area contributed by atoms with Crippen molar-refractivity contribution in [2.75, 3.05) is 20.2 Å². The lowest BCUT2D eigenvalue weighted by atomic mass is 10.1. The number of unbranched alkanes of at least 4 members (excludes halogenated alkanes) is 5. The third-order valence-electron chi connectivity index (χ3n) is 6.24. The molecule has 0 unspecified atom stereocenters. The van der Waals surface area contributed by atoms with Gasteiger partial charge in [-0.15, -0.1) is 0 Å². The van der Waals surface area contributed by atoms with Gasteiger partial charge in [0, 0.05) is 49.9 Å². The van der Waals surface area contributed by atoms with Crippen LogP contribution in [0, 0.1) is 5.82 Å². The van der Waals surface area contributed by atoms with Gasteiger partial charge >= 0.3 is 6.01 Å². The second kappa shape index (κ2) is 16.0. The van der Waals surface area contributed by atoms with Crippen LogP contribution in [0.15, 0.2) is 52.8 Å². The maximum absolute atomic E-state index is 13.3. The SMILES string of the molecule is CCCCCCCCN(C)C(=O)Cn1cc(Cc2cnc(OCC)nc2)c(=O)nc1SCc1ccc(F)cc1. The van der Waals surface area contributed by atoms with Crippen molar-refractivity contribution >= 4 is 17.7 Å². The number of carbonyl (C=O) groups is 1. The number of hydrogen-bond donors (Lipinski definition) is 0. The first-order valence-electron chi connectivity index (χ1n) is 13.5. The molecule has 0 bridgehead atoms. The molecule has 0 N–H and O–H groups in total. The fourth-order valence-corrected chi connectivity index (χ4v) is 4.90. The van der Waals surface area contributed by atoms with Gasteiger partial charge in [0.25, 0.3) is 5.56 Å². The topological polar surface area (TPSA) is 90.2 Å². The predicted molar refractivity (Wildman–Crippen MR) is 151 cm³/mol. The van der Waals surface area contributed by atoms with Crippen molar-refractivity contribution in [3.8, 4) is 6.01 Å². The average Bonchev–Trinajstić information content (AvgIpc) is 2.93. The van der Waals surface area contributed by atoms with Crippen LogP contribution in [-0.2, 0) is 23.5 Å². The Morgan fingerprint density at radius 2 is 1.72 bits per heavy atom. The Bertz CT molecular complexity index is 1240. The van der Waals surface area contributed by atoms with Crippen molar-refractivity contribution in [2.24, 2.45) is 0 Å².